The molecular weight excluding hydrogens is 234 g/mol. The van der Waals surface area contributed by atoms with Gasteiger partial charge in [0.1, 0.15) is 22.9 Å². The van der Waals surface area contributed by atoms with Crippen molar-refractivity contribution in [3.63, 3.8) is 0 Å². The molecule has 0 aliphatic heterocycles. The third kappa shape index (κ3) is 2.13. The van der Waals surface area contributed by atoms with Crippen molar-refractivity contribution in [3.05, 3.63) is 35.5 Å². The van der Waals surface area contributed by atoms with E-state index in [1.807, 2.05) is 6.92 Å². The summed E-state index contributed by atoms with van der Waals surface area (Å²) in [6, 6.07) is 4.12. The quantitative estimate of drug-likeness (QED) is 0.662. The van der Waals surface area contributed by atoms with E-state index in [-0.39, 0.29) is 17.1 Å². The second-order valence-electron chi connectivity index (χ2n) is 3.75. The maximum atomic E-state index is 11.9. The van der Waals surface area contributed by atoms with Crippen LogP contribution >= 0.6 is 0 Å². The second kappa shape index (κ2) is 4.79. The van der Waals surface area contributed by atoms with Gasteiger partial charge >= 0.3 is 0 Å². The molecule has 1 heterocycles. The van der Waals surface area contributed by atoms with Crippen LogP contribution in [0.5, 0.6) is 11.5 Å². The molecule has 18 heavy (non-hydrogen) atoms. The lowest BCUT2D eigenvalue weighted by molar-refractivity contribution is 0.102. The van der Waals surface area contributed by atoms with E-state index in [4.69, 9.17) is 0 Å². The van der Waals surface area contributed by atoms with Crippen molar-refractivity contribution in [2.24, 2.45) is 0 Å². The molecule has 0 radical (unpaired) electrons. The molecule has 0 bridgehead atoms. The molecule has 6 nitrogen and oxygen atoms in total. The fraction of sp³-hybridized carbons (Fsp3) is 0.167. The van der Waals surface area contributed by atoms with Gasteiger partial charge in [-0.2, -0.15) is 5.10 Å². The summed E-state index contributed by atoms with van der Waals surface area (Å²) in [5.41, 5.74) is 0.687. The van der Waals surface area contributed by atoms with Crippen LogP contribution in [0, 0.1) is 0 Å². The number of nitrogens with one attached hydrogen (secondary N) is 2. The van der Waals surface area contributed by atoms with Crippen molar-refractivity contribution in [1.82, 2.24) is 10.2 Å². The summed E-state index contributed by atoms with van der Waals surface area (Å²) >= 11 is 0. The first kappa shape index (κ1) is 12.0. The zero-order valence-electron chi connectivity index (χ0n) is 9.77. The van der Waals surface area contributed by atoms with Gasteiger partial charge in [0.2, 0.25) is 0 Å². The van der Waals surface area contributed by atoms with Gasteiger partial charge in [0.25, 0.3) is 5.91 Å². The van der Waals surface area contributed by atoms with Crippen LogP contribution in [0.3, 0.4) is 0 Å². The number of benzene rings is 1. The van der Waals surface area contributed by atoms with Crippen molar-refractivity contribution < 1.29 is 15.0 Å². The van der Waals surface area contributed by atoms with Crippen molar-refractivity contribution in [1.29, 1.82) is 0 Å². The number of aromatic amines is 1. The molecule has 6 heteroatoms. The molecule has 0 aliphatic rings. The topological polar surface area (TPSA) is 98.2 Å². The van der Waals surface area contributed by atoms with Crippen molar-refractivity contribution in [2.75, 3.05) is 5.32 Å². The van der Waals surface area contributed by atoms with Crippen LogP contribution in [0.4, 0.5) is 5.82 Å². The highest BCUT2D eigenvalue weighted by Gasteiger charge is 2.17. The van der Waals surface area contributed by atoms with Crippen LogP contribution in [0.25, 0.3) is 0 Å². The lowest BCUT2D eigenvalue weighted by atomic mass is 10.1. The summed E-state index contributed by atoms with van der Waals surface area (Å²) in [7, 11) is 0. The van der Waals surface area contributed by atoms with Crippen LogP contribution in [0.2, 0.25) is 0 Å². The van der Waals surface area contributed by atoms with Crippen LogP contribution < -0.4 is 5.32 Å². The number of aromatic hydroxyl groups is 2. The summed E-state index contributed by atoms with van der Waals surface area (Å²) < 4.78 is 0. The number of H-pyrrole nitrogens is 1. The third-order valence-electron chi connectivity index (χ3n) is 2.58. The number of carbonyl (C=O) groups excluding carboxylic acids is 1. The Hall–Kier alpha value is -2.50. The molecule has 0 spiro atoms. The number of anilines is 1. The zero-order valence-corrected chi connectivity index (χ0v) is 9.77. The normalized spacial score (nSPS) is 10.3. The Morgan fingerprint density at radius 3 is 2.67 bits per heavy atom. The number of hydrogen-bond donors (Lipinski definition) is 4. The Morgan fingerprint density at radius 1 is 1.39 bits per heavy atom. The van der Waals surface area contributed by atoms with Gasteiger partial charge in [-0.05, 0) is 18.6 Å². The Balaban J connectivity index is 2.28. The number of phenolic OH excluding ortho intramolecular Hbond substituents is 2. The lowest BCUT2D eigenvalue weighted by Crippen LogP contribution is -2.13. The van der Waals surface area contributed by atoms with E-state index in [1.54, 1.807) is 6.20 Å². The van der Waals surface area contributed by atoms with Crippen LogP contribution in [-0.2, 0) is 6.42 Å². The molecule has 0 fully saturated rings. The highest BCUT2D eigenvalue weighted by molar-refractivity contribution is 6.07. The maximum Gasteiger partial charge on any atom is 0.264 e. The monoisotopic (exact) mass is 247 g/mol. The van der Waals surface area contributed by atoms with E-state index >= 15 is 0 Å². The predicted molar refractivity (Wildman–Crippen MR) is 65.7 cm³/mol. The molecule has 2 aromatic rings. The number of amides is 1. The average Bonchev–Trinajstić information content (AvgIpc) is 2.76. The van der Waals surface area contributed by atoms with Gasteiger partial charge in [-0.15, -0.1) is 0 Å². The smallest absolute Gasteiger partial charge is 0.264 e. The van der Waals surface area contributed by atoms with E-state index in [0.717, 1.165) is 5.56 Å². The highest BCUT2D eigenvalue weighted by Crippen LogP contribution is 2.27. The van der Waals surface area contributed by atoms with E-state index in [0.29, 0.717) is 12.2 Å². The van der Waals surface area contributed by atoms with Crippen LogP contribution in [0.1, 0.15) is 22.8 Å². The van der Waals surface area contributed by atoms with Gasteiger partial charge in [0, 0.05) is 5.56 Å². The van der Waals surface area contributed by atoms with Gasteiger partial charge in [-0.25, -0.2) is 0 Å². The molecular formula is C12H13N3O3. The summed E-state index contributed by atoms with van der Waals surface area (Å²) in [5.74, 6) is -0.676. The van der Waals surface area contributed by atoms with Crippen molar-refractivity contribution >= 4 is 11.7 Å². The Kier molecular flexibility index (Phi) is 3.18. The van der Waals surface area contributed by atoms with Gasteiger partial charge in [0.15, 0.2) is 0 Å². The molecule has 0 aliphatic carbocycles. The Morgan fingerprint density at radius 2 is 2.06 bits per heavy atom. The van der Waals surface area contributed by atoms with Crippen molar-refractivity contribution in [3.8, 4) is 11.5 Å². The maximum absolute atomic E-state index is 11.9. The minimum atomic E-state index is -0.593. The molecule has 4 N–H and O–H groups in total. The fourth-order valence-corrected chi connectivity index (χ4v) is 1.62. The van der Waals surface area contributed by atoms with E-state index in [9.17, 15) is 15.0 Å². The van der Waals surface area contributed by atoms with Crippen molar-refractivity contribution in [2.45, 2.75) is 13.3 Å². The standard InChI is InChI=1S/C12H13N3O3/c1-2-7-6-13-15-11(7)14-12(18)10-8(16)4-3-5-9(10)17/h3-6,16-17H,2H2,1H3,(H2,13,14,15,18). The number of phenols is 2. The van der Waals surface area contributed by atoms with E-state index < -0.39 is 5.91 Å². The van der Waals surface area contributed by atoms with Crippen LogP contribution in [0.15, 0.2) is 24.4 Å². The molecule has 0 atom stereocenters. The minimum absolute atomic E-state index is 0.158. The molecule has 0 saturated heterocycles. The summed E-state index contributed by atoms with van der Waals surface area (Å²) in [6.45, 7) is 1.93. The first-order valence-electron chi connectivity index (χ1n) is 5.48. The number of aryl methyl sites for hydroxylation is 1. The summed E-state index contributed by atoms with van der Waals surface area (Å²) in [5, 5.41) is 28.2. The predicted octanol–water partition coefficient (Wildman–Crippen LogP) is 1.64. The number of nitrogens with zero attached hydrogens (tertiary/aromatic N) is 1. The first-order valence-corrected chi connectivity index (χ1v) is 5.48. The van der Waals surface area contributed by atoms with Crippen LogP contribution in [-0.4, -0.2) is 26.3 Å². The molecule has 1 amide bonds. The average molecular weight is 247 g/mol. The third-order valence-corrected chi connectivity index (χ3v) is 2.58. The van der Waals surface area contributed by atoms with E-state index in [2.05, 4.69) is 15.5 Å². The molecule has 0 unspecified atom stereocenters. The fourth-order valence-electron chi connectivity index (χ4n) is 1.62. The number of carbonyl (C=O) groups is 1. The van der Waals surface area contributed by atoms with Gasteiger partial charge < -0.3 is 15.5 Å². The molecule has 2 rings (SSSR count). The Bertz CT molecular complexity index is 557. The van der Waals surface area contributed by atoms with Gasteiger partial charge in [-0.1, -0.05) is 13.0 Å². The molecule has 1 aromatic carbocycles. The molecule has 1 aromatic heterocycles. The number of aromatic nitrogens is 2. The summed E-state index contributed by atoms with van der Waals surface area (Å²) in [4.78, 5) is 11.9. The SMILES string of the molecule is CCc1cn[nH]c1NC(=O)c1c(O)cccc1O. The number of hydrogen-bond acceptors (Lipinski definition) is 4. The number of rotatable bonds is 3. The first-order chi connectivity index (χ1) is 8.63. The highest BCUT2D eigenvalue weighted by atomic mass is 16.3. The Labute approximate surface area is 103 Å². The lowest BCUT2D eigenvalue weighted by Gasteiger charge is -2.07. The second-order valence-corrected chi connectivity index (χ2v) is 3.75. The minimum Gasteiger partial charge on any atom is -0.507 e. The van der Waals surface area contributed by atoms with Gasteiger partial charge in [-0.3, -0.25) is 9.89 Å². The summed E-state index contributed by atoms with van der Waals surface area (Å²) in [6.07, 6.45) is 2.32. The molecule has 0 saturated carbocycles. The molecule has 94 valence electrons. The largest absolute Gasteiger partial charge is 0.507 e. The van der Waals surface area contributed by atoms with Gasteiger partial charge in [0.05, 0.1) is 6.20 Å². The zero-order chi connectivity index (χ0) is 13.1. The van der Waals surface area contributed by atoms with E-state index in [1.165, 1.54) is 18.2 Å².